The standard InChI is InChI=1S/C19H26N4.ClH/c1-3-7-18(8-4-1)23-13-9-17(21-23)15-22-14-12-20-16-19(22)10-5-2-6-11-19;/h1,3-4,7-9,13,20H,2,5-6,10-12,14-16H2;1H. The maximum Gasteiger partial charge on any atom is 0.0769 e. The van der Waals surface area contributed by atoms with Crippen molar-refractivity contribution in [2.75, 3.05) is 19.6 Å². The van der Waals surface area contributed by atoms with E-state index in [0.717, 1.165) is 31.9 Å². The van der Waals surface area contributed by atoms with Crippen LogP contribution in [0.2, 0.25) is 0 Å². The van der Waals surface area contributed by atoms with Crippen LogP contribution in [0, 0.1) is 0 Å². The number of hydrogen-bond donors (Lipinski definition) is 1. The van der Waals surface area contributed by atoms with Crippen LogP contribution in [0.25, 0.3) is 5.69 Å². The van der Waals surface area contributed by atoms with E-state index in [1.54, 1.807) is 0 Å². The van der Waals surface area contributed by atoms with E-state index >= 15 is 0 Å². The molecule has 2 fully saturated rings. The first-order valence-corrected chi connectivity index (χ1v) is 8.92. The van der Waals surface area contributed by atoms with Crippen molar-refractivity contribution in [3.63, 3.8) is 0 Å². The number of piperazine rings is 1. The van der Waals surface area contributed by atoms with Crippen molar-refractivity contribution in [3.8, 4) is 5.69 Å². The minimum atomic E-state index is 0. The summed E-state index contributed by atoms with van der Waals surface area (Å²) in [5.41, 5.74) is 2.68. The van der Waals surface area contributed by atoms with Crippen LogP contribution >= 0.6 is 12.4 Å². The Morgan fingerprint density at radius 1 is 1.04 bits per heavy atom. The van der Waals surface area contributed by atoms with Gasteiger partial charge < -0.3 is 5.32 Å². The monoisotopic (exact) mass is 346 g/mol. The highest BCUT2D eigenvalue weighted by atomic mass is 35.5. The van der Waals surface area contributed by atoms with Gasteiger partial charge in [0, 0.05) is 37.9 Å². The molecule has 1 aliphatic heterocycles. The molecule has 24 heavy (non-hydrogen) atoms. The molecule has 0 radical (unpaired) electrons. The zero-order chi connectivity index (χ0) is 15.5. The summed E-state index contributed by atoms with van der Waals surface area (Å²) in [5.74, 6) is 0. The van der Waals surface area contributed by atoms with Gasteiger partial charge in [-0.3, -0.25) is 4.90 Å². The molecule has 0 atom stereocenters. The summed E-state index contributed by atoms with van der Waals surface area (Å²) in [6, 6.07) is 12.5. The van der Waals surface area contributed by atoms with E-state index in [1.807, 2.05) is 10.7 Å². The summed E-state index contributed by atoms with van der Waals surface area (Å²) in [4.78, 5) is 2.69. The van der Waals surface area contributed by atoms with Gasteiger partial charge in [0.05, 0.1) is 11.4 Å². The van der Waals surface area contributed by atoms with E-state index in [9.17, 15) is 0 Å². The summed E-state index contributed by atoms with van der Waals surface area (Å²) in [6.07, 6.45) is 8.89. The van der Waals surface area contributed by atoms with Crippen molar-refractivity contribution < 1.29 is 0 Å². The lowest BCUT2D eigenvalue weighted by Crippen LogP contribution is -2.61. The van der Waals surface area contributed by atoms with Gasteiger partial charge in [-0.05, 0) is 31.0 Å². The molecule has 1 saturated heterocycles. The van der Waals surface area contributed by atoms with Gasteiger partial charge in [-0.2, -0.15) is 5.10 Å². The second-order valence-electron chi connectivity index (χ2n) is 6.97. The number of para-hydroxylation sites is 1. The SMILES string of the molecule is Cl.c1ccc(-n2ccc(CN3CCNCC34CCCCC4)n2)cc1. The normalized spacial score (nSPS) is 20.7. The molecule has 4 nitrogen and oxygen atoms in total. The summed E-state index contributed by atoms with van der Waals surface area (Å²) < 4.78 is 1.99. The fraction of sp³-hybridized carbons (Fsp3) is 0.526. The molecule has 0 bridgehead atoms. The third kappa shape index (κ3) is 3.51. The summed E-state index contributed by atoms with van der Waals surface area (Å²) in [5, 5.41) is 8.43. The predicted molar refractivity (Wildman–Crippen MR) is 99.9 cm³/mol. The molecule has 2 aromatic rings. The second-order valence-corrected chi connectivity index (χ2v) is 6.97. The number of halogens is 1. The molecular formula is C19H27ClN4. The summed E-state index contributed by atoms with van der Waals surface area (Å²) >= 11 is 0. The lowest BCUT2D eigenvalue weighted by molar-refractivity contribution is 0.0199. The number of hydrogen-bond acceptors (Lipinski definition) is 3. The van der Waals surface area contributed by atoms with Crippen molar-refractivity contribution in [3.05, 3.63) is 48.3 Å². The minimum absolute atomic E-state index is 0. The van der Waals surface area contributed by atoms with E-state index < -0.39 is 0 Å². The number of nitrogens with one attached hydrogen (secondary N) is 1. The van der Waals surface area contributed by atoms with Crippen LogP contribution in [0.5, 0.6) is 0 Å². The average molecular weight is 347 g/mol. The molecule has 130 valence electrons. The van der Waals surface area contributed by atoms with E-state index in [1.165, 1.54) is 37.8 Å². The summed E-state index contributed by atoms with van der Waals surface area (Å²) in [7, 11) is 0. The Bertz CT molecular complexity index is 626. The molecule has 2 heterocycles. The van der Waals surface area contributed by atoms with Crippen LogP contribution in [0.15, 0.2) is 42.6 Å². The number of rotatable bonds is 3. The third-order valence-corrected chi connectivity index (χ3v) is 5.49. The van der Waals surface area contributed by atoms with Crippen LogP contribution in [0.1, 0.15) is 37.8 Å². The van der Waals surface area contributed by atoms with Crippen molar-refractivity contribution >= 4 is 12.4 Å². The van der Waals surface area contributed by atoms with Crippen molar-refractivity contribution in [2.24, 2.45) is 0 Å². The van der Waals surface area contributed by atoms with Gasteiger partial charge in [-0.1, -0.05) is 37.5 Å². The topological polar surface area (TPSA) is 33.1 Å². The van der Waals surface area contributed by atoms with Gasteiger partial charge in [-0.25, -0.2) is 4.68 Å². The second kappa shape index (κ2) is 7.68. The fourth-order valence-electron chi connectivity index (χ4n) is 4.20. The Morgan fingerprint density at radius 3 is 2.62 bits per heavy atom. The van der Waals surface area contributed by atoms with Crippen LogP contribution in [0.4, 0.5) is 0 Å². The molecule has 1 aliphatic carbocycles. The van der Waals surface area contributed by atoms with Gasteiger partial charge in [0.2, 0.25) is 0 Å². The van der Waals surface area contributed by atoms with E-state index in [4.69, 9.17) is 5.10 Å². The van der Waals surface area contributed by atoms with Gasteiger partial charge in [0.15, 0.2) is 0 Å². The molecule has 1 spiro atoms. The molecule has 5 heteroatoms. The first-order valence-electron chi connectivity index (χ1n) is 8.92. The Labute approximate surface area is 150 Å². The van der Waals surface area contributed by atoms with Gasteiger partial charge in [-0.15, -0.1) is 12.4 Å². The van der Waals surface area contributed by atoms with Gasteiger partial charge in [0.1, 0.15) is 0 Å². The Morgan fingerprint density at radius 2 is 1.83 bits per heavy atom. The zero-order valence-corrected chi connectivity index (χ0v) is 15.0. The van der Waals surface area contributed by atoms with Crippen molar-refractivity contribution in [1.29, 1.82) is 0 Å². The molecule has 0 unspecified atom stereocenters. The Balaban J connectivity index is 0.00000169. The van der Waals surface area contributed by atoms with Gasteiger partial charge >= 0.3 is 0 Å². The van der Waals surface area contributed by atoms with E-state index in [-0.39, 0.29) is 12.4 Å². The van der Waals surface area contributed by atoms with Crippen LogP contribution < -0.4 is 5.32 Å². The van der Waals surface area contributed by atoms with E-state index in [0.29, 0.717) is 5.54 Å². The molecule has 2 aliphatic rings. The lowest BCUT2D eigenvalue weighted by Gasteiger charge is -2.49. The largest absolute Gasteiger partial charge is 0.314 e. The van der Waals surface area contributed by atoms with Crippen LogP contribution in [0.3, 0.4) is 0 Å². The predicted octanol–water partition coefficient (Wildman–Crippen LogP) is 3.40. The molecule has 1 aromatic carbocycles. The quantitative estimate of drug-likeness (QED) is 0.924. The average Bonchev–Trinajstić information content (AvgIpc) is 3.07. The Hall–Kier alpha value is -1.36. The number of benzene rings is 1. The highest BCUT2D eigenvalue weighted by Crippen LogP contribution is 2.35. The van der Waals surface area contributed by atoms with Crippen LogP contribution in [-0.4, -0.2) is 39.9 Å². The number of aromatic nitrogens is 2. The van der Waals surface area contributed by atoms with Crippen LogP contribution in [-0.2, 0) is 6.54 Å². The fourth-order valence-corrected chi connectivity index (χ4v) is 4.20. The summed E-state index contributed by atoms with van der Waals surface area (Å²) in [6.45, 7) is 4.35. The van der Waals surface area contributed by atoms with Crippen molar-refractivity contribution in [1.82, 2.24) is 20.0 Å². The minimum Gasteiger partial charge on any atom is -0.314 e. The first kappa shape index (κ1) is 17.5. The smallest absolute Gasteiger partial charge is 0.0769 e. The highest BCUT2D eigenvalue weighted by molar-refractivity contribution is 5.85. The molecule has 1 saturated carbocycles. The lowest BCUT2D eigenvalue weighted by atomic mass is 9.79. The molecule has 1 aromatic heterocycles. The maximum absolute atomic E-state index is 4.81. The number of nitrogens with zero attached hydrogens (tertiary/aromatic N) is 3. The van der Waals surface area contributed by atoms with E-state index in [2.05, 4.69) is 46.7 Å². The molecular weight excluding hydrogens is 320 g/mol. The maximum atomic E-state index is 4.81. The third-order valence-electron chi connectivity index (χ3n) is 5.49. The van der Waals surface area contributed by atoms with Gasteiger partial charge in [0.25, 0.3) is 0 Å². The molecule has 0 amide bonds. The first-order chi connectivity index (χ1) is 11.4. The Kier molecular flexibility index (Phi) is 5.59. The molecule has 4 rings (SSSR count). The molecule has 1 N–H and O–H groups in total. The zero-order valence-electron chi connectivity index (χ0n) is 14.2. The van der Waals surface area contributed by atoms with Crippen molar-refractivity contribution in [2.45, 2.75) is 44.2 Å². The highest BCUT2D eigenvalue weighted by Gasteiger charge is 2.39.